The molecule has 102 valence electrons. The third kappa shape index (κ3) is 2.41. The first-order valence-corrected chi connectivity index (χ1v) is 7.00. The van der Waals surface area contributed by atoms with E-state index in [-0.39, 0.29) is 11.9 Å². The summed E-state index contributed by atoms with van der Waals surface area (Å²) in [7, 11) is 1.84. The number of carbonyl (C=O) groups is 1. The van der Waals surface area contributed by atoms with Crippen LogP contribution in [0.5, 0.6) is 0 Å². The van der Waals surface area contributed by atoms with E-state index in [0.717, 1.165) is 25.1 Å². The quantitative estimate of drug-likeness (QED) is 0.871. The van der Waals surface area contributed by atoms with Gasteiger partial charge in [0.05, 0.1) is 6.04 Å². The van der Waals surface area contributed by atoms with Gasteiger partial charge in [-0.15, -0.1) is 0 Å². The van der Waals surface area contributed by atoms with Crippen LogP contribution in [0.2, 0.25) is 0 Å². The molecule has 1 aliphatic carbocycles. The predicted molar refractivity (Wildman–Crippen MR) is 73.1 cm³/mol. The van der Waals surface area contributed by atoms with E-state index in [2.05, 4.69) is 22.2 Å². The summed E-state index contributed by atoms with van der Waals surface area (Å²) in [5.41, 5.74) is 3.61. The first kappa shape index (κ1) is 12.4. The lowest BCUT2D eigenvalue weighted by molar-refractivity contribution is -0.126. The van der Waals surface area contributed by atoms with E-state index in [1.165, 1.54) is 24.1 Å². The number of carbonyl (C=O) groups excluding carboxylic acids is 1. The molecular weight excluding hydrogens is 240 g/mol. The van der Waals surface area contributed by atoms with Crippen molar-refractivity contribution in [1.82, 2.24) is 14.9 Å². The Balaban J connectivity index is 1.78. The molecule has 0 spiro atoms. The number of hydrogen-bond donors (Lipinski definition) is 1. The SMILES string of the molecule is Cc1nc(NC2CC(=O)N(C)C2)nc2c1CCCC2. The van der Waals surface area contributed by atoms with Crippen molar-refractivity contribution in [2.75, 3.05) is 18.9 Å². The minimum Gasteiger partial charge on any atom is -0.349 e. The standard InChI is InChI=1S/C14H20N4O/c1-9-11-5-3-4-6-12(11)17-14(15-9)16-10-7-13(19)18(2)8-10/h10H,3-8H2,1-2H3,(H,15,16,17). The van der Waals surface area contributed by atoms with Crippen LogP contribution < -0.4 is 5.32 Å². The van der Waals surface area contributed by atoms with Gasteiger partial charge in [0.15, 0.2) is 0 Å². The number of hydrogen-bond acceptors (Lipinski definition) is 4. The van der Waals surface area contributed by atoms with Gasteiger partial charge in [0.1, 0.15) is 0 Å². The molecule has 19 heavy (non-hydrogen) atoms. The number of nitrogens with one attached hydrogen (secondary N) is 1. The van der Waals surface area contributed by atoms with Crippen molar-refractivity contribution in [3.63, 3.8) is 0 Å². The second kappa shape index (κ2) is 4.79. The summed E-state index contributed by atoms with van der Waals surface area (Å²) < 4.78 is 0. The van der Waals surface area contributed by atoms with Crippen molar-refractivity contribution >= 4 is 11.9 Å². The van der Waals surface area contributed by atoms with Gasteiger partial charge in [0, 0.05) is 31.4 Å². The number of aryl methyl sites for hydroxylation is 2. The number of amides is 1. The molecule has 1 aromatic heterocycles. The van der Waals surface area contributed by atoms with E-state index in [9.17, 15) is 4.79 Å². The Morgan fingerprint density at radius 1 is 1.26 bits per heavy atom. The monoisotopic (exact) mass is 260 g/mol. The molecule has 3 rings (SSSR count). The maximum absolute atomic E-state index is 11.5. The van der Waals surface area contributed by atoms with Crippen molar-refractivity contribution in [2.45, 2.75) is 45.1 Å². The molecule has 0 aromatic carbocycles. The van der Waals surface area contributed by atoms with Crippen molar-refractivity contribution in [3.8, 4) is 0 Å². The van der Waals surface area contributed by atoms with E-state index in [1.807, 2.05) is 7.05 Å². The lowest BCUT2D eigenvalue weighted by atomic mass is 9.95. The molecule has 5 nitrogen and oxygen atoms in total. The minimum atomic E-state index is 0.138. The Kier molecular flexibility index (Phi) is 3.12. The van der Waals surface area contributed by atoms with E-state index in [0.29, 0.717) is 12.4 Å². The number of nitrogens with zero attached hydrogens (tertiary/aromatic N) is 3. The number of anilines is 1. The maximum atomic E-state index is 11.5. The van der Waals surface area contributed by atoms with Crippen LogP contribution in [-0.4, -0.2) is 40.4 Å². The van der Waals surface area contributed by atoms with Gasteiger partial charge < -0.3 is 10.2 Å². The van der Waals surface area contributed by atoms with Gasteiger partial charge in [-0.3, -0.25) is 4.79 Å². The largest absolute Gasteiger partial charge is 0.349 e. The van der Waals surface area contributed by atoms with Crippen LogP contribution in [0.1, 0.15) is 36.2 Å². The molecule has 1 aliphatic heterocycles. The van der Waals surface area contributed by atoms with E-state index in [4.69, 9.17) is 0 Å². The molecule has 1 N–H and O–H groups in total. The molecule has 5 heteroatoms. The summed E-state index contributed by atoms with van der Waals surface area (Å²) in [6, 6.07) is 0.138. The minimum absolute atomic E-state index is 0.138. The van der Waals surface area contributed by atoms with Crippen LogP contribution in [0.25, 0.3) is 0 Å². The molecule has 1 saturated heterocycles. The molecule has 0 radical (unpaired) electrons. The summed E-state index contributed by atoms with van der Waals surface area (Å²) in [4.78, 5) is 22.5. The van der Waals surface area contributed by atoms with Gasteiger partial charge in [0.25, 0.3) is 0 Å². The molecule has 1 unspecified atom stereocenters. The smallest absolute Gasteiger partial charge is 0.224 e. The summed E-state index contributed by atoms with van der Waals surface area (Å²) in [5, 5.41) is 3.31. The highest BCUT2D eigenvalue weighted by molar-refractivity contribution is 5.79. The molecule has 0 saturated carbocycles. The Bertz CT molecular complexity index is 514. The van der Waals surface area contributed by atoms with Gasteiger partial charge in [0.2, 0.25) is 11.9 Å². The Labute approximate surface area is 113 Å². The van der Waals surface area contributed by atoms with Crippen LogP contribution >= 0.6 is 0 Å². The first-order chi connectivity index (χ1) is 9.13. The second-order valence-electron chi connectivity index (χ2n) is 5.58. The van der Waals surface area contributed by atoms with Crippen molar-refractivity contribution in [3.05, 3.63) is 17.0 Å². The highest BCUT2D eigenvalue weighted by Crippen LogP contribution is 2.23. The molecule has 1 atom stereocenters. The molecule has 1 fully saturated rings. The molecule has 2 aliphatic rings. The van der Waals surface area contributed by atoms with Crippen LogP contribution in [0.4, 0.5) is 5.95 Å². The fourth-order valence-electron chi connectivity index (χ4n) is 2.99. The van der Waals surface area contributed by atoms with Crippen molar-refractivity contribution in [1.29, 1.82) is 0 Å². The normalized spacial score (nSPS) is 22.5. The van der Waals surface area contributed by atoms with Crippen LogP contribution in [-0.2, 0) is 17.6 Å². The number of likely N-dealkylation sites (tertiary alicyclic amines) is 1. The van der Waals surface area contributed by atoms with E-state index < -0.39 is 0 Å². The molecule has 1 aromatic rings. The van der Waals surface area contributed by atoms with E-state index >= 15 is 0 Å². The predicted octanol–water partition coefficient (Wildman–Crippen LogP) is 1.31. The lowest BCUT2D eigenvalue weighted by Crippen LogP contribution is -2.25. The Morgan fingerprint density at radius 3 is 2.79 bits per heavy atom. The van der Waals surface area contributed by atoms with Crippen molar-refractivity contribution in [2.24, 2.45) is 0 Å². The van der Waals surface area contributed by atoms with Gasteiger partial charge in [-0.05, 0) is 38.2 Å². The van der Waals surface area contributed by atoms with Gasteiger partial charge >= 0.3 is 0 Å². The number of fused-ring (bicyclic) bond motifs is 1. The van der Waals surface area contributed by atoms with Gasteiger partial charge in [-0.25, -0.2) is 9.97 Å². The van der Waals surface area contributed by atoms with Gasteiger partial charge in [-0.1, -0.05) is 0 Å². The van der Waals surface area contributed by atoms with Crippen LogP contribution in [0.15, 0.2) is 0 Å². The summed E-state index contributed by atoms with van der Waals surface area (Å²) in [6.07, 6.45) is 5.15. The highest BCUT2D eigenvalue weighted by atomic mass is 16.2. The third-order valence-electron chi connectivity index (χ3n) is 4.06. The zero-order chi connectivity index (χ0) is 13.4. The zero-order valence-corrected chi connectivity index (χ0v) is 11.6. The first-order valence-electron chi connectivity index (χ1n) is 7.00. The average Bonchev–Trinajstić information content (AvgIpc) is 2.68. The Hall–Kier alpha value is -1.65. The summed E-state index contributed by atoms with van der Waals surface area (Å²) >= 11 is 0. The molecular formula is C14H20N4O. The van der Waals surface area contributed by atoms with Crippen LogP contribution in [0.3, 0.4) is 0 Å². The van der Waals surface area contributed by atoms with Crippen molar-refractivity contribution < 1.29 is 4.79 Å². The van der Waals surface area contributed by atoms with E-state index in [1.54, 1.807) is 4.90 Å². The number of aromatic nitrogens is 2. The molecule has 2 heterocycles. The third-order valence-corrected chi connectivity index (χ3v) is 4.06. The Morgan fingerprint density at radius 2 is 2.05 bits per heavy atom. The summed E-state index contributed by atoms with van der Waals surface area (Å²) in [6.45, 7) is 2.79. The maximum Gasteiger partial charge on any atom is 0.224 e. The number of likely N-dealkylation sites (N-methyl/N-ethyl adjacent to an activating group) is 1. The number of rotatable bonds is 2. The zero-order valence-electron chi connectivity index (χ0n) is 11.6. The van der Waals surface area contributed by atoms with Gasteiger partial charge in [-0.2, -0.15) is 0 Å². The molecule has 0 bridgehead atoms. The summed E-state index contributed by atoms with van der Waals surface area (Å²) in [5.74, 6) is 0.874. The fourth-order valence-corrected chi connectivity index (χ4v) is 2.99. The molecule has 1 amide bonds. The second-order valence-corrected chi connectivity index (χ2v) is 5.58. The average molecular weight is 260 g/mol. The lowest BCUT2D eigenvalue weighted by Gasteiger charge is -2.19. The topological polar surface area (TPSA) is 58.1 Å². The highest BCUT2D eigenvalue weighted by Gasteiger charge is 2.27. The fraction of sp³-hybridized carbons (Fsp3) is 0.643. The van der Waals surface area contributed by atoms with Crippen LogP contribution in [0, 0.1) is 6.92 Å².